The van der Waals surface area contributed by atoms with Gasteiger partial charge in [0.1, 0.15) is 15.5 Å². The van der Waals surface area contributed by atoms with E-state index in [0.29, 0.717) is 21.2 Å². The van der Waals surface area contributed by atoms with Gasteiger partial charge in [0.15, 0.2) is 0 Å². The van der Waals surface area contributed by atoms with E-state index in [4.69, 9.17) is 28.9 Å². The van der Waals surface area contributed by atoms with E-state index in [2.05, 4.69) is 4.98 Å². The van der Waals surface area contributed by atoms with Gasteiger partial charge in [-0.15, -0.1) is 11.3 Å². The minimum absolute atomic E-state index is 0.00988. The molecule has 4 rings (SSSR count). The van der Waals surface area contributed by atoms with Crippen LogP contribution in [0.5, 0.6) is 5.75 Å². The van der Waals surface area contributed by atoms with Crippen molar-refractivity contribution in [2.75, 3.05) is 0 Å². The topological polar surface area (TPSA) is 79.1 Å². The Morgan fingerprint density at radius 1 is 1.15 bits per heavy atom. The first-order valence-corrected chi connectivity index (χ1v) is 9.52. The molecule has 4 nitrogen and oxygen atoms in total. The molecule has 4 N–H and O–H groups in total. The quantitative estimate of drug-likeness (QED) is 0.415. The summed E-state index contributed by atoms with van der Waals surface area (Å²) in [6.45, 7) is 1.90. The van der Waals surface area contributed by atoms with Crippen molar-refractivity contribution in [1.29, 1.82) is 0 Å². The summed E-state index contributed by atoms with van der Waals surface area (Å²) >= 11 is 13.9. The predicted molar refractivity (Wildman–Crippen MR) is 110 cm³/mol. The molecule has 132 valence electrons. The van der Waals surface area contributed by atoms with E-state index < -0.39 is 0 Å². The molecule has 0 aliphatic heterocycles. The highest BCUT2D eigenvalue weighted by atomic mass is 35.5. The maximum Gasteiger partial charge on any atom is 0.266 e. The van der Waals surface area contributed by atoms with E-state index in [-0.39, 0.29) is 27.4 Å². The van der Waals surface area contributed by atoms with Gasteiger partial charge in [0.05, 0.1) is 10.5 Å². The van der Waals surface area contributed by atoms with Crippen LogP contribution in [0, 0.1) is 0 Å². The Morgan fingerprint density at radius 2 is 1.85 bits per heavy atom. The van der Waals surface area contributed by atoms with E-state index in [9.17, 15) is 9.90 Å². The number of nitrogens with one attached hydrogen (secondary N) is 1. The molecule has 0 bridgehead atoms. The fourth-order valence-electron chi connectivity index (χ4n) is 3.15. The normalized spacial score (nSPS) is 12.8. The number of halogens is 2. The van der Waals surface area contributed by atoms with Crippen molar-refractivity contribution >= 4 is 55.5 Å². The molecular formula is C19H14Cl2N2O2S. The number of benzene rings is 2. The average molecular weight is 405 g/mol. The van der Waals surface area contributed by atoms with Crippen LogP contribution in [-0.2, 0) is 0 Å². The molecule has 0 aliphatic carbocycles. The molecule has 4 aromatic rings. The number of aromatic amines is 1. The number of fused-ring (bicyclic) bond motifs is 3. The Labute approximate surface area is 162 Å². The molecule has 1 unspecified atom stereocenters. The van der Waals surface area contributed by atoms with E-state index in [0.717, 1.165) is 16.5 Å². The minimum atomic E-state index is -0.232. The second-order valence-electron chi connectivity index (χ2n) is 6.13. The monoisotopic (exact) mass is 404 g/mol. The number of aromatic nitrogens is 1. The minimum Gasteiger partial charge on any atom is -0.506 e. The fraction of sp³-hybridized carbons (Fsp3) is 0.105. The van der Waals surface area contributed by atoms with Crippen LogP contribution in [0.1, 0.15) is 18.5 Å². The lowest BCUT2D eigenvalue weighted by Gasteiger charge is -2.15. The van der Waals surface area contributed by atoms with Gasteiger partial charge in [-0.3, -0.25) is 4.79 Å². The number of H-pyrrole nitrogens is 1. The van der Waals surface area contributed by atoms with Gasteiger partial charge in [0.2, 0.25) is 0 Å². The highest BCUT2D eigenvalue weighted by Gasteiger charge is 2.22. The van der Waals surface area contributed by atoms with Crippen LogP contribution in [0.4, 0.5) is 0 Å². The Hall–Kier alpha value is -2.05. The molecule has 26 heavy (non-hydrogen) atoms. The standard InChI is InChI=1S/C19H14Cl2N2O2S/c1-8(22)9-2-4-10(5-3-9)12-13-11-6-7-26-18(11)19(25)23-16(13)14(20)15(21)17(12)24/h2-8,24H,22H2,1H3,(H,23,25). The van der Waals surface area contributed by atoms with Gasteiger partial charge < -0.3 is 15.8 Å². The number of rotatable bonds is 2. The second-order valence-corrected chi connectivity index (χ2v) is 7.80. The summed E-state index contributed by atoms with van der Waals surface area (Å²) in [7, 11) is 0. The van der Waals surface area contributed by atoms with Gasteiger partial charge in [-0.2, -0.15) is 0 Å². The van der Waals surface area contributed by atoms with Crippen LogP contribution in [0.2, 0.25) is 10.0 Å². The summed E-state index contributed by atoms with van der Waals surface area (Å²) in [5, 5.41) is 14.1. The molecule has 2 aromatic carbocycles. The molecule has 2 aromatic heterocycles. The first-order valence-electron chi connectivity index (χ1n) is 7.89. The highest BCUT2D eigenvalue weighted by Crippen LogP contribution is 2.47. The van der Waals surface area contributed by atoms with E-state index >= 15 is 0 Å². The van der Waals surface area contributed by atoms with Crippen molar-refractivity contribution < 1.29 is 5.11 Å². The lowest BCUT2D eigenvalue weighted by atomic mass is 9.95. The first kappa shape index (κ1) is 17.4. The number of pyridine rings is 1. The average Bonchev–Trinajstić information content (AvgIpc) is 3.12. The number of hydrogen-bond acceptors (Lipinski definition) is 4. The third kappa shape index (κ3) is 2.51. The summed E-state index contributed by atoms with van der Waals surface area (Å²) in [6, 6.07) is 9.32. The Bertz CT molecular complexity index is 1210. The SMILES string of the molecule is CC(N)c1ccc(-c2c(O)c(Cl)c(Cl)c3[nH]c(=O)c4sccc4c23)cc1. The predicted octanol–water partition coefficient (Wildman–Crippen LogP) is 5.44. The zero-order valence-electron chi connectivity index (χ0n) is 13.6. The van der Waals surface area contributed by atoms with Crippen molar-refractivity contribution in [3.8, 4) is 16.9 Å². The van der Waals surface area contributed by atoms with Gasteiger partial charge in [-0.25, -0.2) is 0 Å². The van der Waals surface area contributed by atoms with Crippen LogP contribution in [0.15, 0.2) is 40.5 Å². The molecule has 0 amide bonds. The lowest BCUT2D eigenvalue weighted by Crippen LogP contribution is -2.06. The molecule has 0 radical (unpaired) electrons. The van der Waals surface area contributed by atoms with E-state index in [1.807, 2.05) is 42.6 Å². The van der Waals surface area contributed by atoms with Crippen LogP contribution < -0.4 is 11.3 Å². The Morgan fingerprint density at radius 3 is 2.50 bits per heavy atom. The fourth-order valence-corrected chi connectivity index (χ4v) is 4.37. The molecule has 0 fully saturated rings. The van der Waals surface area contributed by atoms with Crippen molar-refractivity contribution in [3.63, 3.8) is 0 Å². The van der Waals surface area contributed by atoms with Crippen molar-refractivity contribution in [3.05, 3.63) is 61.7 Å². The van der Waals surface area contributed by atoms with Gasteiger partial charge in [0, 0.05) is 22.4 Å². The van der Waals surface area contributed by atoms with E-state index in [1.165, 1.54) is 11.3 Å². The third-order valence-corrected chi connectivity index (χ3v) is 6.22. The summed E-state index contributed by atoms with van der Waals surface area (Å²) < 4.78 is 0.573. The number of phenolic OH excluding ortho intramolecular Hbond substituents is 1. The summed E-state index contributed by atoms with van der Waals surface area (Å²) in [4.78, 5) is 15.1. The maximum atomic E-state index is 12.3. The summed E-state index contributed by atoms with van der Waals surface area (Å²) in [6.07, 6.45) is 0. The number of phenols is 1. The second kappa shape index (κ2) is 6.28. The number of thiophene rings is 1. The first-order chi connectivity index (χ1) is 12.4. The van der Waals surface area contributed by atoms with Gasteiger partial charge in [-0.05, 0) is 29.5 Å². The number of hydrogen-bond donors (Lipinski definition) is 3. The molecular weight excluding hydrogens is 391 g/mol. The summed E-state index contributed by atoms with van der Waals surface area (Å²) in [5.74, 6) is -0.114. The smallest absolute Gasteiger partial charge is 0.266 e. The summed E-state index contributed by atoms with van der Waals surface area (Å²) in [5.41, 5.74) is 8.37. The zero-order chi connectivity index (χ0) is 18.6. The highest BCUT2D eigenvalue weighted by molar-refractivity contribution is 7.17. The zero-order valence-corrected chi connectivity index (χ0v) is 16.0. The van der Waals surface area contributed by atoms with Crippen molar-refractivity contribution in [2.45, 2.75) is 13.0 Å². The number of aromatic hydroxyl groups is 1. The molecule has 0 saturated heterocycles. The Kier molecular flexibility index (Phi) is 4.20. The van der Waals surface area contributed by atoms with Crippen LogP contribution in [0.25, 0.3) is 32.1 Å². The molecule has 2 heterocycles. The Balaban J connectivity index is 2.17. The number of nitrogens with two attached hydrogens (primary N) is 1. The molecule has 1 atom stereocenters. The van der Waals surface area contributed by atoms with Crippen LogP contribution in [0.3, 0.4) is 0 Å². The largest absolute Gasteiger partial charge is 0.506 e. The lowest BCUT2D eigenvalue weighted by molar-refractivity contribution is 0.478. The van der Waals surface area contributed by atoms with Gasteiger partial charge in [0.25, 0.3) is 5.56 Å². The van der Waals surface area contributed by atoms with Gasteiger partial charge in [-0.1, -0.05) is 47.5 Å². The van der Waals surface area contributed by atoms with Crippen LogP contribution in [-0.4, -0.2) is 10.1 Å². The molecule has 0 spiro atoms. The molecule has 0 saturated carbocycles. The van der Waals surface area contributed by atoms with E-state index in [1.54, 1.807) is 0 Å². The van der Waals surface area contributed by atoms with Crippen molar-refractivity contribution in [1.82, 2.24) is 4.98 Å². The van der Waals surface area contributed by atoms with Crippen molar-refractivity contribution in [2.24, 2.45) is 5.73 Å². The van der Waals surface area contributed by atoms with Gasteiger partial charge >= 0.3 is 0 Å². The molecule has 0 aliphatic rings. The molecule has 7 heteroatoms. The third-order valence-electron chi connectivity index (χ3n) is 4.46. The van der Waals surface area contributed by atoms with Crippen LogP contribution >= 0.6 is 34.5 Å². The maximum absolute atomic E-state index is 12.3.